The van der Waals surface area contributed by atoms with E-state index in [1.54, 1.807) is 0 Å². The first kappa shape index (κ1) is 15.9. The lowest BCUT2D eigenvalue weighted by Gasteiger charge is -2.21. The lowest BCUT2D eigenvalue weighted by molar-refractivity contribution is -0.0328. The summed E-state index contributed by atoms with van der Waals surface area (Å²) in [7, 11) is 0. The maximum atomic E-state index is 12.1. The molecule has 0 fully saturated rings. The van der Waals surface area contributed by atoms with Gasteiger partial charge in [-0.3, -0.25) is 4.90 Å². The minimum absolute atomic E-state index is 0.0413. The van der Waals surface area contributed by atoms with Gasteiger partial charge in [-0.2, -0.15) is 13.2 Å². The summed E-state index contributed by atoms with van der Waals surface area (Å²) in [6, 6.07) is 9.77. The van der Waals surface area contributed by atoms with Crippen LogP contribution in [0.3, 0.4) is 0 Å². The summed E-state index contributed by atoms with van der Waals surface area (Å²) in [6.07, 6.45) is 0. The van der Waals surface area contributed by atoms with Crippen LogP contribution in [0, 0.1) is 0 Å². The highest BCUT2D eigenvalue weighted by atomic mass is 79.9. The normalized spacial score (nSPS) is 12.1. The van der Waals surface area contributed by atoms with Crippen molar-refractivity contribution in [2.45, 2.75) is 12.1 Å². The molecule has 1 aromatic rings. The molecule has 0 unspecified atom stereocenters. The van der Waals surface area contributed by atoms with Crippen molar-refractivity contribution in [2.24, 2.45) is 0 Å². The van der Waals surface area contributed by atoms with Crippen LogP contribution in [0.5, 0.6) is 0 Å². The van der Waals surface area contributed by atoms with E-state index in [2.05, 4.69) is 15.9 Å². The number of halogens is 4. The van der Waals surface area contributed by atoms with Crippen LogP contribution < -0.4 is 0 Å². The van der Waals surface area contributed by atoms with Gasteiger partial charge in [0.05, 0.1) is 0 Å². The molecule has 0 saturated carbocycles. The Bertz CT molecular complexity index is 332. The molecule has 0 aliphatic carbocycles. The van der Waals surface area contributed by atoms with E-state index in [4.69, 9.17) is 0 Å². The van der Waals surface area contributed by atoms with E-state index in [0.29, 0.717) is 13.1 Å². The summed E-state index contributed by atoms with van der Waals surface area (Å²) in [5, 5.41) is 0.760. The van der Waals surface area contributed by atoms with Crippen LogP contribution in [0.2, 0.25) is 0 Å². The second kappa shape index (κ2) is 8.07. The number of thioether (sulfide) groups is 1. The van der Waals surface area contributed by atoms with Crippen molar-refractivity contribution in [1.29, 1.82) is 0 Å². The van der Waals surface area contributed by atoms with Gasteiger partial charge in [-0.25, -0.2) is 0 Å². The molecule has 0 heterocycles. The van der Waals surface area contributed by atoms with Crippen molar-refractivity contribution in [3.8, 4) is 0 Å². The highest BCUT2D eigenvalue weighted by Crippen LogP contribution is 2.29. The SMILES string of the molecule is FC(F)(F)SCCN(CCBr)Cc1ccccc1. The minimum atomic E-state index is -4.13. The van der Waals surface area contributed by atoms with Crippen LogP contribution in [0.1, 0.15) is 5.56 Å². The molecule has 1 nitrogen and oxygen atoms in total. The Labute approximate surface area is 118 Å². The molecule has 18 heavy (non-hydrogen) atoms. The van der Waals surface area contributed by atoms with Gasteiger partial charge in [0.25, 0.3) is 0 Å². The van der Waals surface area contributed by atoms with Gasteiger partial charge in [-0.15, -0.1) is 0 Å². The number of nitrogens with zero attached hydrogens (tertiary/aromatic N) is 1. The molecule has 0 bridgehead atoms. The smallest absolute Gasteiger partial charge is 0.297 e. The molecular formula is C12H15BrF3NS. The van der Waals surface area contributed by atoms with E-state index in [-0.39, 0.29) is 17.5 Å². The van der Waals surface area contributed by atoms with Crippen LogP contribution in [0.15, 0.2) is 30.3 Å². The van der Waals surface area contributed by atoms with Crippen LogP contribution in [0.25, 0.3) is 0 Å². The van der Waals surface area contributed by atoms with Gasteiger partial charge in [0, 0.05) is 30.7 Å². The highest BCUT2D eigenvalue weighted by molar-refractivity contribution is 9.09. The lowest BCUT2D eigenvalue weighted by atomic mass is 10.2. The lowest BCUT2D eigenvalue weighted by Crippen LogP contribution is -2.28. The van der Waals surface area contributed by atoms with Gasteiger partial charge in [-0.05, 0) is 17.3 Å². The molecule has 0 amide bonds. The minimum Gasteiger partial charge on any atom is -0.297 e. The summed E-state index contributed by atoms with van der Waals surface area (Å²) in [4.78, 5) is 2.02. The van der Waals surface area contributed by atoms with Gasteiger partial charge in [0.1, 0.15) is 0 Å². The van der Waals surface area contributed by atoms with Gasteiger partial charge < -0.3 is 0 Å². The van der Waals surface area contributed by atoms with Gasteiger partial charge in [0.15, 0.2) is 0 Å². The maximum Gasteiger partial charge on any atom is 0.441 e. The number of rotatable bonds is 7. The van der Waals surface area contributed by atoms with E-state index in [1.165, 1.54) is 0 Å². The third-order valence-electron chi connectivity index (χ3n) is 2.32. The molecule has 0 aliphatic heterocycles. The Morgan fingerprint density at radius 1 is 1.11 bits per heavy atom. The summed E-state index contributed by atoms with van der Waals surface area (Å²) >= 11 is 3.37. The van der Waals surface area contributed by atoms with E-state index in [9.17, 15) is 13.2 Å². The van der Waals surface area contributed by atoms with Crippen LogP contribution in [-0.4, -0.2) is 34.6 Å². The molecular weight excluding hydrogens is 327 g/mol. The Balaban J connectivity index is 2.40. The number of alkyl halides is 4. The number of hydrogen-bond acceptors (Lipinski definition) is 2. The van der Waals surface area contributed by atoms with E-state index >= 15 is 0 Å². The summed E-state index contributed by atoms with van der Waals surface area (Å²) in [5.74, 6) is 0.0728. The molecule has 0 atom stereocenters. The van der Waals surface area contributed by atoms with Crippen molar-refractivity contribution in [3.63, 3.8) is 0 Å². The third kappa shape index (κ3) is 7.28. The van der Waals surface area contributed by atoms with Gasteiger partial charge in [0.2, 0.25) is 0 Å². The van der Waals surface area contributed by atoms with E-state index in [0.717, 1.165) is 17.4 Å². The second-order valence-corrected chi connectivity index (χ2v) is 5.70. The van der Waals surface area contributed by atoms with E-state index in [1.807, 2.05) is 35.2 Å². The first-order valence-electron chi connectivity index (χ1n) is 5.54. The molecule has 6 heteroatoms. The zero-order chi connectivity index (χ0) is 13.4. The first-order chi connectivity index (χ1) is 8.51. The molecule has 0 aromatic heterocycles. The Morgan fingerprint density at radius 3 is 2.33 bits per heavy atom. The predicted octanol–water partition coefficient (Wildman–Crippen LogP) is 4.14. The molecule has 0 N–H and O–H groups in total. The third-order valence-corrected chi connectivity index (χ3v) is 3.39. The fourth-order valence-electron chi connectivity index (χ4n) is 1.52. The molecule has 0 saturated heterocycles. The molecule has 0 spiro atoms. The average Bonchev–Trinajstić information content (AvgIpc) is 2.29. The highest BCUT2D eigenvalue weighted by Gasteiger charge is 2.27. The maximum absolute atomic E-state index is 12.1. The molecule has 1 aromatic carbocycles. The van der Waals surface area contributed by atoms with Crippen molar-refractivity contribution in [1.82, 2.24) is 4.90 Å². The quantitative estimate of drug-likeness (QED) is 0.686. The fraction of sp³-hybridized carbons (Fsp3) is 0.500. The monoisotopic (exact) mass is 341 g/mol. The summed E-state index contributed by atoms with van der Waals surface area (Å²) < 4.78 is 36.2. The van der Waals surface area contributed by atoms with Gasteiger partial charge >= 0.3 is 5.51 Å². The van der Waals surface area contributed by atoms with E-state index < -0.39 is 5.51 Å². The van der Waals surface area contributed by atoms with Crippen molar-refractivity contribution < 1.29 is 13.2 Å². The molecule has 1 rings (SSSR count). The Hall–Kier alpha value is -0.200. The number of benzene rings is 1. The average molecular weight is 342 g/mol. The van der Waals surface area contributed by atoms with Crippen LogP contribution in [-0.2, 0) is 6.54 Å². The number of hydrogen-bond donors (Lipinski definition) is 0. The zero-order valence-electron chi connectivity index (χ0n) is 9.79. The van der Waals surface area contributed by atoms with Crippen molar-refractivity contribution in [3.05, 3.63) is 35.9 Å². The van der Waals surface area contributed by atoms with Crippen LogP contribution in [0.4, 0.5) is 13.2 Å². The molecule has 0 aliphatic rings. The summed E-state index contributed by atoms with van der Waals surface area (Å²) in [5.41, 5.74) is -3.01. The predicted molar refractivity (Wildman–Crippen MR) is 74.0 cm³/mol. The standard InChI is InChI=1S/C12H15BrF3NS/c13-6-7-17(8-9-18-12(14,15)16)10-11-4-2-1-3-5-11/h1-5H,6-10H2. The van der Waals surface area contributed by atoms with Gasteiger partial charge in [-0.1, -0.05) is 46.3 Å². The second-order valence-electron chi connectivity index (χ2n) is 3.74. The molecule has 102 valence electrons. The zero-order valence-corrected chi connectivity index (χ0v) is 12.2. The Kier molecular flexibility index (Phi) is 7.11. The first-order valence-corrected chi connectivity index (χ1v) is 7.65. The molecule has 0 radical (unpaired) electrons. The van der Waals surface area contributed by atoms with Crippen LogP contribution >= 0.6 is 27.7 Å². The fourth-order valence-corrected chi connectivity index (χ4v) is 2.60. The van der Waals surface area contributed by atoms with Crippen molar-refractivity contribution in [2.75, 3.05) is 24.2 Å². The topological polar surface area (TPSA) is 3.24 Å². The Morgan fingerprint density at radius 2 is 1.78 bits per heavy atom. The van der Waals surface area contributed by atoms with Crippen molar-refractivity contribution >= 4 is 27.7 Å². The largest absolute Gasteiger partial charge is 0.441 e. The summed E-state index contributed by atoms with van der Waals surface area (Å²) in [6.45, 7) is 1.86.